The summed E-state index contributed by atoms with van der Waals surface area (Å²) in [5.74, 6) is 0.486. The molecule has 0 atom stereocenters. The number of benzene rings is 1. The molecule has 2 heterocycles. The van der Waals surface area contributed by atoms with E-state index >= 15 is 0 Å². The first-order valence-corrected chi connectivity index (χ1v) is 8.77. The zero-order valence-electron chi connectivity index (χ0n) is 9.72. The Morgan fingerprint density at radius 2 is 2.11 bits per heavy atom. The number of nitrogens with zero attached hydrogens (tertiary/aromatic N) is 1. The van der Waals surface area contributed by atoms with Gasteiger partial charge in [-0.05, 0) is 0 Å². The minimum absolute atomic E-state index is 0.0229. The number of thioether (sulfide) groups is 1. The molecular weight excluding hydrogens is 347 g/mol. The van der Waals surface area contributed by atoms with Crippen LogP contribution < -0.4 is 5.32 Å². The first kappa shape index (κ1) is 13.0. The first-order chi connectivity index (χ1) is 9.20. The Labute approximate surface area is 125 Å². The van der Waals surface area contributed by atoms with Crippen LogP contribution in [0.25, 0.3) is 10.0 Å². The number of carbonyl (C=O) groups excluding carboxylic acids is 1. The van der Waals surface area contributed by atoms with Crippen molar-refractivity contribution in [3.8, 4) is 10.0 Å². The van der Waals surface area contributed by atoms with E-state index in [1.54, 1.807) is 0 Å². The molecule has 1 aliphatic rings. The predicted octanol–water partition coefficient (Wildman–Crippen LogP) is 2.91. The monoisotopic (exact) mass is 356 g/mol. The molecule has 6 heteroatoms. The van der Waals surface area contributed by atoms with Gasteiger partial charge in [-0.25, -0.2) is 0 Å². The number of carbonyl (C=O) groups is 1. The Morgan fingerprint density at radius 3 is 2.79 bits per heavy atom. The molecule has 0 radical (unpaired) electrons. The van der Waals surface area contributed by atoms with E-state index in [9.17, 15) is 4.79 Å². The SMILES string of the molecule is O=C1CSC(=Nc2c[se]c(-c3ccc(Cl)cc3)c2)N1. The molecular formula is C13H9ClN2OSSe. The molecule has 0 saturated carbocycles. The van der Waals surface area contributed by atoms with Crippen LogP contribution >= 0.6 is 23.4 Å². The van der Waals surface area contributed by atoms with Crippen molar-refractivity contribution in [2.75, 3.05) is 5.75 Å². The third-order valence-electron chi connectivity index (χ3n) is 2.53. The van der Waals surface area contributed by atoms with Crippen molar-refractivity contribution in [3.63, 3.8) is 0 Å². The van der Waals surface area contributed by atoms with Crippen molar-refractivity contribution < 1.29 is 4.79 Å². The average Bonchev–Trinajstić information content (AvgIpc) is 3.00. The van der Waals surface area contributed by atoms with Gasteiger partial charge < -0.3 is 0 Å². The van der Waals surface area contributed by atoms with Crippen LogP contribution in [0.3, 0.4) is 0 Å². The van der Waals surface area contributed by atoms with Gasteiger partial charge in [0.1, 0.15) is 0 Å². The summed E-state index contributed by atoms with van der Waals surface area (Å²) in [6.07, 6.45) is 0. The van der Waals surface area contributed by atoms with E-state index in [0.29, 0.717) is 10.9 Å². The normalized spacial score (nSPS) is 16.9. The number of halogens is 1. The average molecular weight is 356 g/mol. The third kappa shape index (κ3) is 3.12. The molecule has 1 aromatic heterocycles. The van der Waals surface area contributed by atoms with Crippen LogP contribution in [-0.2, 0) is 4.79 Å². The van der Waals surface area contributed by atoms with Gasteiger partial charge in [0.25, 0.3) is 0 Å². The summed E-state index contributed by atoms with van der Waals surface area (Å²) in [4.78, 5) is 17.6. The van der Waals surface area contributed by atoms with Crippen molar-refractivity contribution in [2.45, 2.75) is 0 Å². The Kier molecular flexibility index (Phi) is 3.80. The van der Waals surface area contributed by atoms with Gasteiger partial charge in [0.15, 0.2) is 0 Å². The molecule has 0 unspecified atom stereocenters. The van der Waals surface area contributed by atoms with Gasteiger partial charge in [-0.2, -0.15) is 0 Å². The first-order valence-electron chi connectivity index (χ1n) is 5.56. The fraction of sp³-hybridized carbons (Fsp3) is 0.0769. The number of aliphatic imine (C=N–C) groups is 1. The molecule has 0 spiro atoms. The summed E-state index contributed by atoms with van der Waals surface area (Å²) in [6, 6.07) is 9.90. The maximum absolute atomic E-state index is 11.1. The Balaban J connectivity index is 1.83. The molecule has 3 rings (SSSR count). The van der Waals surface area contributed by atoms with Crippen molar-refractivity contribution in [2.24, 2.45) is 4.99 Å². The standard InChI is InChI=1S/C13H9ClN2OSSe/c14-9-3-1-8(2-4-9)11-5-10(7-19-11)15-13-16-12(17)6-18-13/h1-5,7H,6H2,(H,15,16,17). The molecule has 0 bridgehead atoms. The van der Waals surface area contributed by atoms with Gasteiger partial charge in [-0.1, -0.05) is 0 Å². The minimum atomic E-state index is 0.0229. The molecule has 1 amide bonds. The van der Waals surface area contributed by atoms with Gasteiger partial charge in [-0.3, -0.25) is 0 Å². The third-order valence-corrected chi connectivity index (χ3v) is 5.69. The maximum atomic E-state index is 11.1. The Hall–Kier alpha value is -1.00. The van der Waals surface area contributed by atoms with E-state index in [1.165, 1.54) is 21.8 Å². The molecule has 3 nitrogen and oxygen atoms in total. The van der Waals surface area contributed by atoms with Crippen LogP contribution in [0.15, 0.2) is 40.3 Å². The number of hydrogen-bond donors (Lipinski definition) is 1. The molecule has 1 fully saturated rings. The zero-order valence-corrected chi connectivity index (χ0v) is 13.0. The van der Waals surface area contributed by atoms with Gasteiger partial charge in [-0.15, -0.1) is 0 Å². The summed E-state index contributed by atoms with van der Waals surface area (Å²) in [7, 11) is 0. The number of amidine groups is 1. The van der Waals surface area contributed by atoms with Gasteiger partial charge in [0.05, 0.1) is 0 Å². The van der Waals surface area contributed by atoms with Crippen molar-refractivity contribution in [1.82, 2.24) is 5.32 Å². The summed E-state index contributed by atoms with van der Waals surface area (Å²) >= 11 is 7.61. The second kappa shape index (κ2) is 5.55. The van der Waals surface area contributed by atoms with E-state index in [4.69, 9.17) is 11.6 Å². The van der Waals surface area contributed by atoms with Gasteiger partial charge in [0, 0.05) is 0 Å². The van der Waals surface area contributed by atoms with Crippen LogP contribution in [0.5, 0.6) is 0 Å². The topological polar surface area (TPSA) is 41.5 Å². The Morgan fingerprint density at radius 1 is 1.32 bits per heavy atom. The van der Waals surface area contributed by atoms with Crippen LogP contribution in [0.1, 0.15) is 0 Å². The van der Waals surface area contributed by atoms with E-state index in [0.717, 1.165) is 10.7 Å². The van der Waals surface area contributed by atoms with Crippen LogP contribution in [-0.4, -0.2) is 31.3 Å². The zero-order chi connectivity index (χ0) is 13.2. The van der Waals surface area contributed by atoms with E-state index < -0.39 is 0 Å². The van der Waals surface area contributed by atoms with Crippen LogP contribution in [0.4, 0.5) is 5.69 Å². The molecule has 0 aliphatic carbocycles. The number of amides is 1. The molecule has 1 aliphatic heterocycles. The van der Waals surface area contributed by atoms with Gasteiger partial charge >= 0.3 is 126 Å². The fourth-order valence-electron chi connectivity index (χ4n) is 1.65. The second-order valence-electron chi connectivity index (χ2n) is 3.93. The van der Waals surface area contributed by atoms with Crippen molar-refractivity contribution in [3.05, 3.63) is 40.3 Å². The second-order valence-corrected chi connectivity index (χ2v) is 7.24. The number of hydrogen-bond acceptors (Lipinski definition) is 3. The molecule has 1 aromatic carbocycles. The van der Waals surface area contributed by atoms with E-state index in [2.05, 4.69) is 21.3 Å². The fourth-order valence-corrected chi connectivity index (χ4v) is 4.22. The van der Waals surface area contributed by atoms with Crippen LogP contribution in [0.2, 0.25) is 5.02 Å². The molecule has 19 heavy (non-hydrogen) atoms. The number of nitrogens with one attached hydrogen (secondary N) is 1. The summed E-state index contributed by atoms with van der Waals surface area (Å²) in [5.41, 5.74) is 2.11. The molecule has 1 saturated heterocycles. The summed E-state index contributed by atoms with van der Waals surface area (Å²) < 4.78 is 1.28. The Bertz CT molecular complexity index is 651. The quantitative estimate of drug-likeness (QED) is 0.842. The molecule has 2 aromatic rings. The predicted molar refractivity (Wildman–Crippen MR) is 81.5 cm³/mol. The van der Waals surface area contributed by atoms with Crippen molar-refractivity contribution in [1.29, 1.82) is 0 Å². The van der Waals surface area contributed by atoms with E-state index in [1.807, 2.05) is 24.3 Å². The molecule has 96 valence electrons. The number of rotatable bonds is 2. The van der Waals surface area contributed by atoms with Crippen molar-refractivity contribution >= 4 is 54.6 Å². The van der Waals surface area contributed by atoms with Crippen LogP contribution in [0, 0.1) is 0 Å². The summed E-state index contributed by atoms with van der Waals surface area (Å²) in [6.45, 7) is 0. The van der Waals surface area contributed by atoms with Gasteiger partial charge in [0.2, 0.25) is 0 Å². The summed E-state index contributed by atoms with van der Waals surface area (Å²) in [5, 5.41) is 4.18. The van der Waals surface area contributed by atoms with E-state index in [-0.39, 0.29) is 20.4 Å². The molecule has 1 N–H and O–H groups in total.